The second-order valence-electron chi connectivity index (χ2n) is 4.82. The molecule has 138 valence electrons. The normalized spacial score (nSPS) is 23.2. The third kappa shape index (κ3) is 4.63. The van der Waals surface area contributed by atoms with Crippen molar-refractivity contribution >= 4 is 70.7 Å². The fourth-order valence-electron chi connectivity index (χ4n) is 2.17. The number of alkyl carbamates (subject to hydrolysis) is 1. The van der Waals surface area contributed by atoms with Crippen molar-refractivity contribution in [2.75, 3.05) is 19.5 Å². The molecule has 0 radical (unpaired) electrons. The third-order valence-electron chi connectivity index (χ3n) is 3.15. The van der Waals surface area contributed by atoms with Crippen molar-refractivity contribution in [3.05, 3.63) is 11.3 Å². The summed E-state index contributed by atoms with van der Waals surface area (Å²) in [7, 11) is 1.31. The molecule has 2 rings (SSSR count). The van der Waals surface area contributed by atoms with Gasteiger partial charge in [0, 0.05) is 11.3 Å². The average Bonchev–Trinajstić information content (AvgIpc) is 2.54. The molecule has 0 aromatic rings. The second-order valence-corrected chi connectivity index (χ2v) is 8.44. The van der Waals surface area contributed by atoms with Gasteiger partial charge in [-0.3, -0.25) is 9.69 Å². The first-order chi connectivity index (χ1) is 11.7. The van der Waals surface area contributed by atoms with Crippen LogP contribution in [-0.4, -0.2) is 68.9 Å². The number of carbonyl (C=O) groups excluding carboxylic acids is 2. The lowest BCUT2D eigenvalue weighted by molar-refractivity contribution is -0.148. The maximum atomic E-state index is 12.3. The van der Waals surface area contributed by atoms with Gasteiger partial charge in [0.15, 0.2) is 0 Å². The number of amides is 2. The van der Waals surface area contributed by atoms with E-state index < -0.39 is 39.8 Å². The van der Waals surface area contributed by atoms with Crippen LogP contribution >= 0.6 is 46.6 Å². The van der Waals surface area contributed by atoms with Crippen LogP contribution in [-0.2, 0) is 19.2 Å². The number of carbonyl (C=O) groups is 3. The predicted molar refractivity (Wildman–Crippen MR) is 91.8 cm³/mol. The third-order valence-corrected chi connectivity index (χ3v) is 4.78. The molecule has 2 N–H and O–H groups in total. The zero-order chi connectivity index (χ0) is 18.8. The Morgan fingerprint density at radius 1 is 1.52 bits per heavy atom. The first-order valence-corrected chi connectivity index (χ1v) is 8.81. The van der Waals surface area contributed by atoms with Crippen molar-refractivity contribution in [2.45, 2.75) is 15.2 Å². The van der Waals surface area contributed by atoms with Crippen LogP contribution in [0.4, 0.5) is 4.79 Å². The number of rotatable bonds is 5. The zero-order valence-electron chi connectivity index (χ0n) is 12.6. The Hall–Kier alpha value is -1.36. The Labute approximate surface area is 161 Å². The summed E-state index contributed by atoms with van der Waals surface area (Å²) in [6.07, 6.45) is 0.285. The molecule has 1 fully saturated rings. The van der Waals surface area contributed by atoms with E-state index in [1.165, 1.54) is 25.1 Å². The Morgan fingerprint density at radius 3 is 2.76 bits per heavy atom. The van der Waals surface area contributed by atoms with E-state index in [0.717, 1.165) is 4.90 Å². The maximum absolute atomic E-state index is 12.3. The maximum Gasteiger partial charge on any atom is 0.408 e. The molecule has 2 aliphatic rings. The average molecular weight is 433 g/mol. The Kier molecular flexibility index (Phi) is 6.30. The number of thioether (sulfide) groups is 1. The molecule has 9 nitrogen and oxygen atoms in total. The van der Waals surface area contributed by atoms with Gasteiger partial charge in [-0.2, -0.15) is 0 Å². The van der Waals surface area contributed by atoms with E-state index >= 15 is 0 Å². The van der Waals surface area contributed by atoms with Crippen LogP contribution in [0.25, 0.3) is 0 Å². The first-order valence-electron chi connectivity index (χ1n) is 6.63. The van der Waals surface area contributed by atoms with Crippen molar-refractivity contribution in [1.29, 1.82) is 0 Å². The van der Waals surface area contributed by atoms with Gasteiger partial charge in [-0.1, -0.05) is 40.0 Å². The van der Waals surface area contributed by atoms with Crippen LogP contribution in [0.3, 0.4) is 0 Å². The Balaban J connectivity index is 2.07. The van der Waals surface area contributed by atoms with Gasteiger partial charge in [0.1, 0.15) is 30.8 Å². The minimum absolute atomic E-state index is 0.206. The van der Waals surface area contributed by atoms with E-state index in [9.17, 15) is 19.5 Å². The number of oxime groups is 1. The summed E-state index contributed by atoms with van der Waals surface area (Å²) in [6.45, 7) is -0.496. The number of nitrogens with one attached hydrogen (secondary N) is 1. The van der Waals surface area contributed by atoms with Crippen molar-refractivity contribution in [3.63, 3.8) is 0 Å². The SMILES string of the molecule is CO/N=C/C1=C(C(=O)O)N2C(=O)[C@@H](NC(=O)OCC(Cl)(Cl)Cl)[C@H]2SC1. The summed E-state index contributed by atoms with van der Waals surface area (Å²) in [5.41, 5.74) is 0.114. The number of fused-ring (bicyclic) bond motifs is 1. The van der Waals surface area contributed by atoms with Gasteiger partial charge >= 0.3 is 12.1 Å². The van der Waals surface area contributed by atoms with Crippen LogP contribution in [0, 0.1) is 0 Å². The molecule has 13 heteroatoms. The largest absolute Gasteiger partial charge is 0.477 e. The van der Waals surface area contributed by atoms with E-state index in [1.54, 1.807) is 0 Å². The smallest absolute Gasteiger partial charge is 0.408 e. The van der Waals surface area contributed by atoms with E-state index in [0.29, 0.717) is 5.57 Å². The van der Waals surface area contributed by atoms with Gasteiger partial charge in [0.05, 0.1) is 6.21 Å². The quantitative estimate of drug-likeness (QED) is 0.291. The van der Waals surface area contributed by atoms with Crippen LogP contribution in [0.15, 0.2) is 16.4 Å². The molecule has 25 heavy (non-hydrogen) atoms. The molecule has 2 amide bonds. The van der Waals surface area contributed by atoms with Crippen molar-refractivity contribution in [2.24, 2.45) is 5.16 Å². The molecule has 0 unspecified atom stereocenters. The molecule has 0 aromatic heterocycles. The minimum atomic E-state index is -1.78. The molecule has 1 saturated heterocycles. The van der Waals surface area contributed by atoms with Gasteiger partial charge in [0.25, 0.3) is 5.91 Å². The van der Waals surface area contributed by atoms with Crippen molar-refractivity contribution < 1.29 is 29.1 Å². The molecular formula is C12H12Cl3N3O6S. The number of carboxylic acid groups (broad SMARTS) is 1. The number of aliphatic carboxylic acids is 1. The summed E-state index contributed by atoms with van der Waals surface area (Å²) in [5, 5.41) is 14.6. The van der Waals surface area contributed by atoms with Gasteiger partial charge < -0.3 is 20.0 Å². The Morgan fingerprint density at radius 2 is 2.20 bits per heavy atom. The molecule has 2 heterocycles. The molecule has 0 bridgehead atoms. The highest BCUT2D eigenvalue weighted by Gasteiger charge is 2.54. The first kappa shape index (κ1) is 20.0. The van der Waals surface area contributed by atoms with E-state index in [4.69, 9.17) is 39.5 Å². The summed E-state index contributed by atoms with van der Waals surface area (Å²) < 4.78 is 2.92. The van der Waals surface area contributed by atoms with Crippen LogP contribution in [0.5, 0.6) is 0 Å². The summed E-state index contributed by atoms with van der Waals surface area (Å²) in [5.74, 6) is -1.61. The molecule has 0 saturated carbocycles. The summed E-state index contributed by atoms with van der Waals surface area (Å²) in [6, 6.07) is -0.942. The molecular weight excluding hydrogens is 421 g/mol. The molecule has 0 aliphatic carbocycles. The lowest BCUT2D eigenvalue weighted by Gasteiger charge is -2.48. The Bertz CT molecular complexity index is 650. The topological polar surface area (TPSA) is 118 Å². The number of hydrogen-bond acceptors (Lipinski definition) is 7. The summed E-state index contributed by atoms with van der Waals surface area (Å²) in [4.78, 5) is 41.0. The summed E-state index contributed by atoms with van der Waals surface area (Å²) >= 11 is 17.7. The number of halogens is 3. The molecule has 2 aliphatic heterocycles. The monoisotopic (exact) mass is 431 g/mol. The number of ether oxygens (including phenoxy) is 1. The van der Waals surface area contributed by atoms with Crippen LogP contribution in [0.2, 0.25) is 0 Å². The predicted octanol–water partition coefficient (Wildman–Crippen LogP) is 1.34. The second kappa shape index (κ2) is 7.90. The lowest BCUT2D eigenvalue weighted by Crippen LogP contribution is -2.70. The number of β-lactam (4-membered cyclic amide) rings is 1. The highest BCUT2D eigenvalue weighted by atomic mass is 35.6. The standard InChI is InChI=1S/C12H12Cl3N3O6S/c1-23-16-2-5-3-25-9-6(8(19)18(9)7(5)10(20)21)17-11(22)24-4-12(13,14)15/h2,6,9H,3-4H2,1H3,(H,17,22)(H,20,21)/b16-2+/t6-,9-/m1/s1. The van der Waals surface area contributed by atoms with E-state index in [1.807, 2.05) is 0 Å². The molecule has 0 spiro atoms. The van der Waals surface area contributed by atoms with Gasteiger partial charge in [0.2, 0.25) is 3.79 Å². The van der Waals surface area contributed by atoms with Crippen molar-refractivity contribution in [1.82, 2.24) is 10.2 Å². The van der Waals surface area contributed by atoms with Crippen LogP contribution < -0.4 is 5.32 Å². The molecule has 2 atom stereocenters. The highest BCUT2D eigenvalue weighted by Crippen LogP contribution is 2.40. The zero-order valence-corrected chi connectivity index (χ0v) is 15.7. The number of carboxylic acids is 1. The highest BCUT2D eigenvalue weighted by molar-refractivity contribution is 8.00. The number of alkyl halides is 3. The van der Waals surface area contributed by atoms with E-state index in [-0.39, 0.29) is 11.4 Å². The van der Waals surface area contributed by atoms with Crippen molar-refractivity contribution in [3.8, 4) is 0 Å². The lowest BCUT2D eigenvalue weighted by atomic mass is 10.0. The fourth-order valence-corrected chi connectivity index (χ4v) is 3.64. The number of nitrogens with zero attached hydrogens (tertiary/aromatic N) is 2. The van der Waals surface area contributed by atoms with Gasteiger partial charge in [-0.05, 0) is 0 Å². The van der Waals surface area contributed by atoms with Gasteiger partial charge in [-0.15, -0.1) is 11.8 Å². The van der Waals surface area contributed by atoms with Crippen LogP contribution in [0.1, 0.15) is 0 Å². The minimum Gasteiger partial charge on any atom is -0.477 e. The molecule has 0 aromatic carbocycles. The van der Waals surface area contributed by atoms with E-state index in [2.05, 4.69) is 15.3 Å². The number of hydrogen-bond donors (Lipinski definition) is 2. The van der Waals surface area contributed by atoms with Gasteiger partial charge in [-0.25, -0.2) is 9.59 Å². The fraction of sp³-hybridized carbons (Fsp3) is 0.500.